The number of hydrogen-bond donors (Lipinski definition) is 0. The van der Waals surface area contributed by atoms with Gasteiger partial charge in [0.15, 0.2) is 0 Å². The first-order valence-electron chi connectivity index (χ1n) is 10.0. The first kappa shape index (κ1) is 26.2. The number of allylic oxidation sites excluding steroid dienone is 2. The number of carbonyl (C=O) groups is 1. The minimum Gasteiger partial charge on any atom is -0.463 e. The standard InChI is InChI=1S/C21H40O2.Ti/c1-4-5-6-7-8-9-10-11-12-13-14-15-16-17-18-19-21(22)23-20(2)3;/h11-12,20H,4-10,13-19H2,1-3H3;/b12-11-;. The van der Waals surface area contributed by atoms with Crippen LogP contribution in [0.25, 0.3) is 0 Å². The molecule has 0 amide bonds. The van der Waals surface area contributed by atoms with Gasteiger partial charge < -0.3 is 4.74 Å². The second-order valence-electron chi connectivity index (χ2n) is 6.87. The van der Waals surface area contributed by atoms with Gasteiger partial charge in [-0.3, -0.25) is 4.79 Å². The molecule has 0 radical (unpaired) electrons. The van der Waals surface area contributed by atoms with Crippen LogP contribution >= 0.6 is 0 Å². The molecule has 0 atom stereocenters. The number of ether oxygens (including phenoxy) is 1. The van der Waals surface area contributed by atoms with Crippen molar-refractivity contribution in [1.29, 1.82) is 0 Å². The molecular formula is C21H40O2Ti. The topological polar surface area (TPSA) is 26.3 Å². The number of unbranched alkanes of at least 4 members (excludes halogenated alkanes) is 11. The van der Waals surface area contributed by atoms with Crippen molar-refractivity contribution >= 4 is 5.97 Å². The third kappa shape index (κ3) is 21.9. The van der Waals surface area contributed by atoms with Crippen LogP contribution in [-0.4, -0.2) is 12.1 Å². The fourth-order valence-corrected chi connectivity index (χ4v) is 2.66. The summed E-state index contributed by atoms with van der Waals surface area (Å²) in [7, 11) is 0. The largest absolute Gasteiger partial charge is 0.463 e. The van der Waals surface area contributed by atoms with E-state index >= 15 is 0 Å². The van der Waals surface area contributed by atoms with Crippen molar-refractivity contribution in [2.45, 2.75) is 117 Å². The van der Waals surface area contributed by atoms with E-state index in [2.05, 4.69) is 19.1 Å². The first-order valence-corrected chi connectivity index (χ1v) is 10.0. The fraction of sp³-hybridized carbons (Fsp3) is 0.857. The molecule has 0 aliphatic carbocycles. The van der Waals surface area contributed by atoms with Crippen LogP contribution in [0.4, 0.5) is 0 Å². The number of esters is 1. The summed E-state index contributed by atoms with van der Waals surface area (Å²) in [6.45, 7) is 6.07. The normalized spacial score (nSPS) is 11.0. The molecule has 0 spiro atoms. The predicted octanol–water partition coefficient (Wildman–Crippen LogP) is 6.97. The van der Waals surface area contributed by atoms with Crippen LogP contribution in [0.2, 0.25) is 0 Å². The molecule has 0 aromatic carbocycles. The molecular weight excluding hydrogens is 332 g/mol. The van der Waals surface area contributed by atoms with Gasteiger partial charge in [-0.25, -0.2) is 0 Å². The van der Waals surface area contributed by atoms with Gasteiger partial charge in [-0.1, -0.05) is 70.4 Å². The molecule has 0 aromatic rings. The SMILES string of the molecule is CCCCCCCC/C=C\CCCCCCCC(=O)OC(C)C.[Ti]. The molecule has 0 rings (SSSR count). The Morgan fingerprint density at radius 1 is 0.792 bits per heavy atom. The Morgan fingerprint density at radius 3 is 1.75 bits per heavy atom. The molecule has 24 heavy (non-hydrogen) atoms. The minimum absolute atomic E-state index is 0. The third-order valence-corrected chi connectivity index (χ3v) is 4.01. The number of carbonyl (C=O) groups excluding carboxylic acids is 1. The molecule has 2 nitrogen and oxygen atoms in total. The van der Waals surface area contributed by atoms with Gasteiger partial charge in [0.25, 0.3) is 0 Å². The van der Waals surface area contributed by atoms with Gasteiger partial charge in [-0.15, -0.1) is 0 Å². The first-order chi connectivity index (χ1) is 11.2. The molecule has 140 valence electrons. The van der Waals surface area contributed by atoms with Gasteiger partial charge >= 0.3 is 5.97 Å². The van der Waals surface area contributed by atoms with Crippen LogP contribution < -0.4 is 0 Å². The maximum absolute atomic E-state index is 11.4. The molecule has 0 fully saturated rings. The van der Waals surface area contributed by atoms with Crippen molar-refractivity contribution in [3.05, 3.63) is 12.2 Å². The van der Waals surface area contributed by atoms with E-state index < -0.39 is 0 Å². The van der Waals surface area contributed by atoms with Crippen LogP contribution in [0.3, 0.4) is 0 Å². The van der Waals surface area contributed by atoms with E-state index in [1.54, 1.807) is 0 Å². The fourth-order valence-electron chi connectivity index (χ4n) is 2.66. The number of rotatable bonds is 16. The Balaban J connectivity index is 0. The molecule has 0 aliphatic heterocycles. The summed E-state index contributed by atoms with van der Waals surface area (Å²) >= 11 is 0. The average Bonchev–Trinajstić information content (AvgIpc) is 2.50. The second-order valence-corrected chi connectivity index (χ2v) is 6.87. The third-order valence-electron chi connectivity index (χ3n) is 4.01. The van der Waals surface area contributed by atoms with Crippen LogP contribution in [-0.2, 0) is 31.2 Å². The molecule has 0 bridgehead atoms. The Hall–Kier alpha value is -0.0757. The Kier molecular flexibility index (Phi) is 22.9. The summed E-state index contributed by atoms with van der Waals surface area (Å²) in [5, 5.41) is 0. The number of hydrogen-bond acceptors (Lipinski definition) is 2. The molecule has 0 saturated carbocycles. The summed E-state index contributed by atoms with van der Waals surface area (Å²) < 4.78 is 5.12. The maximum Gasteiger partial charge on any atom is 0.306 e. The van der Waals surface area contributed by atoms with Crippen molar-refractivity contribution in [1.82, 2.24) is 0 Å². The maximum atomic E-state index is 11.4. The van der Waals surface area contributed by atoms with Crippen LogP contribution in [0.15, 0.2) is 12.2 Å². The summed E-state index contributed by atoms with van der Waals surface area (Å²) in [6, 6.07) is 0. The molecule has 0 unspecified atom stereocenters. The summed E-state index contributed by atoms with van der Waals surface area (Å²) in [6.07, 6.45) is 22.0. The van der Waals surface area contributed by atoms with Crippen LogP contribution in [0, 0.1) is 0 Å². The van der Waals surface area contributed by atoms with Crippen molar-refractivity contribution in [2.75, 3.05) is 0 Å². The molecule has 0 N–H and O–H groups in total. The van der Waals surface area contributed by atoms with Gasteiger partial charge in [0, 0.05) is 28.1 Å². The zero-order chi connectivity index (χ0) is 17.2. The van der Waals surface area contributed by atoms with E-state index in [-0.39, 0.29) is 33.8 Å². The molecule has 0 aromatic heterocycles. The van der Waals surface area contributed by atoms with Crippen molar-refractivity contribution < 1.29 is 31.2 Å². The zero-order valence-electron chi connectivity index (χ0n) is 16.4. The summed E-state index contributed by atoms with van der Waals surface area (Å²) in [5.74, 6) is -0.0439. The summed E-state index contributed by atoms with van der Waals surface area (Å²) in [5.41, 5.74) is 0. The molecule has 3 heteroatoms. The van der Waals surface area contributed by atoms with Crippen molar-refractivity contribution in [3.63, 3.8) is 0 Å². The Labute approximate surface area is 166 Å². The van der Waals surface area contributed by atoms with E-state index in [0.29, 0.717) is 6.42 Å². The Bertz CT molecular complexity index is 288. The van der Waals surface area contributed by atoms with E-state index in [4.69, 9.17) is 4.74 Å². The van der Waals surface area contributed by atoms with Crippen molar-refractivity contribution in [3.8, 4) is 0 Å². The van der Waals surface area contributed by atoms with E-state index in [1.807, 2.05) is 13.8 Å². The molecule has 0 heterocycles. The summed E-state index contributed by atoms with van der Waals surface area (Å²) in [4.78, 5) is 11.4. The smallest absolute Gasteiger partial charge is 0.306 e. The quantitative estimate of drug-likeness (QED) is 0.126. The van der Waals surface area contributed by atoms with Gasteiger partial charge in [-0.05, 0) is 46.0 Å². The zero-order valence-corrected chi connectivity index (χ0v) is 18.0. The van der Waals surface area contributed by atoms with Gasteiger partial charge in [0.05, 0.1) is 6.10 Å². The predicted molar refractivity (Wildman–Crippen MR) is 101 cm³/mol. The van der Waals surface area contributed by atoms with Gasteiger partial charge in [-0.2, -0.15) is 0 Å². The molecule has 0 aliphatic rings. The van der Waals surface area contributed by atoms with E-state index in [9.17, 15) is 4.79 Å². The second kappa shape index (κ2) is 21.0. The monoisotopic (exact) mass is 372 g/mol. The van der Waals surface area contributed by atoms with E-state index in [0.717, 1.165) is 12.8 Å². The molecule has 0 saturated heterocycles. The van der Waals surface area contributed by atoms with Gasteiger partial charge in [0.1, 0.15) is 0 Å². The van der Waals surface area contributed by atoms with E-state index in [1.165, 1.54) is 70.6 Å². The Morgan fingerprint density at radius 2 is 1.25 bits per heavy atom. The van der Waals surface area contributed by atoms with Crippen LogP contribution in [0.5, 0.6) is 0 Å². The van der Waals surface area contributed by atoms with Crippen molar-refractivity contribution in [2.24, 2.45) is 0 Å². The van der Waals surface area contributed by atoms with Gasteiger partial charge in [0.2, 0.25) is 0 Å². The van der Waals surface area contributed by atoms with Crippen LogP contribution in [0.1, 0.15) is 111 Å². The minimum atomic E-state index is -0.0439. The average molecular weight is 372 g/mol.